The highest BCUT2D eigenvalue weighted by Gasteiger charge is 2.56. The lowest BCUT2D eigenvalue weighted by Gasteiger charge is -2.47. The number of β-amino-alcohol motifs (C(OH)–C–C–N with tert-alkyl or cyclic N) is 1. The number of nitrogens with zero attached hydrogens (tertiary/aromatic N) is 1. The van der Waals surface area contributed by atoms with E-state index in [0.29, 0.717) is 12.6 Å². The summed E-state index contributed by atoms with van der Waals surface area (Å²) in [5.41, 5.74) is 5.33. The molecule has 2 atom stereocenters. The van der Waals surface area contributed by atoms with Crippen LogP contribution in [0.15, 0.2) is 0 Å². The molecule has 3 fully saturated rings. The molecular formula is C14H26N2O2. The van der Waals surface area contributed by atoms with Crippen molar-refractivity contribution in [2.45, 2.75) is 56.7 Å². The van der Waals surface area contributed by atoms with Gasteiger partial charge < -0.3 is 15.6 Å². The van der Waals surface area contributed by atoms with Crippen molar-refractivity contribution in [3.8, 4) is 0 Å². The number of hydrogen-bond acceptors (Lipinski definition) is 4. The van der Waals surface area contributed by atoms with E-state index in [0.717, 1.165) is 45.1 Å². The van der Waals surface area contributed by atoms with Crippen molar-refractivity contribution in [2.24, 2.45) is 11.1 Å². The summed E-state index contributed by atoms with van der Waals surface area (Å²) in [5, 5.41) is 11.2. The van der Waals surface area contributed by atoms with E-state index in [1.807, 2.05) is 0 Å². The molecule has 4 heteroatoms. The van der Waals surface area contributed by atoms with E-state index in [1.165, 1.54) is 12.8 Å². The Morgan fingerprint density at radius 3 is 2.56 bits per heavy atom. The third-order valence-electron chi connectivity index (χ3n) is 5.49. The summed E-state index contributed by atoms with van der Waals surface area (Å²) >= 11 is 0. The molecule has 1 saturated carbocycles. The fourth-order valence-electron chi connectivity index (χ4n) is 4.03. The fourth-order valence-corrected chi connectivity index (χ4v) is 4.03. The maximum absolute atomic E-state index is 11.2. The van der Waals surface area contributed by atoms with Crippen molar-refractivity contribution >= 4 is 0 Å². The lowest BCUT2D eigenvalue weighted by atomic mass is 9.65. The monoisotopic (exact) mass is 254 g/mol. The van der Waals surface area contributed by atoms with Crippen LogP contribution in [0, 0.1) is 5.41 Å². The maximum atomic E-state index is 11.2. The van der Waals surface area contributed by atoms with Crippen LogP contribution in [0.4, 0.5) is 0 Å². The molecule has 0 aromatic rings. The van der Waals surface area contributed by atoms with Crippen LogP contribution >= 0.6 is 0 Å². The van der Waals surface area contributed by atoms with E-state index in [1.54, 1.807) is 0 Å². The van der Waals surface area contributed by atoms with Crippen LogP contribution in [-0.2, 0) is 4.74 Å². The summed E-state index contributed by atoms with van der Waals surface area (Å²) in [5.74, 6) is 0. The molecule has 18 heavy (non-hydrogen) atoms. The molecule has 0 spiro atoms. The minimum absolute atomic E-state index is 0.122. The summed E-state index contributed by atoms with van der Waals surface area (Å²) in [6, 6.07) is 1.22. The second-order valence-electron chi connectivity index (χ2n) is 6.59. The Hall–Kier alpha value is -0.160. The number of likely N-dealkylation sites (tertiary alicyclic amines) is 1. The molecule has 3 N–H and O–H groups in total. The smallest absolute Gasteiger partial charge is 0.0858 e. The second kappa shape index (κ2) is 4.44. The largest absolute Gasteiger partial charge is 0.388 e. The molecule has 1 aliphatic carbocycles. The van der Waals surface area contributed by atoms with Gasteiger partial charge in [0.2, 0.25) is 0 Å². The molecule has 3 aliphatic rings. The van der Waals surface area contributed by atoms with Crippen LogP contribution in [-0.4, -0.2) is 54.0 Å². The number of hydrogen-bond donors (Lipinski definition) is 2. The van der Waals surface area contributed by atoms with E-state index in [-0.39, 0.29) is 5.41 Å². The SMILES string of the molecule is CC1CC(O)(C2(CN)CCOCC2)CN1C1CC1. The van der Waals surface area contributed by atoms with Crippen LogP contribution in [0.25, 0.3) is 0 Å². The highest BCUT2D eigenvalue weighted by Crippen LogP contribution is 2.49. The first-order valence-electron chi connectivity index (χ1n) is 7.36. The zero-order valence-corrected chi connectivity index (χ0v) is 11.4. The van der Waals surface area contributed by atoms with Crippen LogP contribution in [0.2, 0.25) is 0 Å². The van der Waals surface area contributed by atoms with E-state index >= 15 is 0 Å². The van der Waals surface area contributed by atoms with Crippen molar-refractivity contribution < 1.29 is 9.84 Å². The van der Waals surface area contributed by atoms with Crippen molar-refractivity contribution in [1.29, 1.82) is 0 Å². The molecule has 2 saturated heterocycles. The average Bonchev–Trinajstić information content (AvgIpc) is 3.16. The van der Waals surface area contributed by atoms with Gasteiger partial charge in [-0.1, -0.05) is 0 Å². The zero-order chi connectivity index (χ0) is 12.8. The van der Waals surface area contributed by atoms with Gasteiger partial charge in [0.1, 0.15) is 0 Å². The number of aliphatic hydroxyl groups is 1. The zero-order valence-electron chi connectivity index (χ0n) is 11.4. The highest BCUT2D eigenvalue weighted by molar-refractivity contribution is 5.10. The Kier molecular flexibility index (Phi) is 3.17. The van der Waals surface area contributed by atoms with E-state index in [4.69, 9.17) is 10.5 Å². The normalized spacial score (nSPS) is 41.2. The number of rotatable bonds is 3. The van der Waals surface area contributed by atoms with Crippen LogP contribution < -0.4 is 5.73 Å². The minimum atomic E-state index is -0.604. The highest BCUT2D eigenvalue weighted by atomic mass is 16.5. The minimum Gasteiger partial charge on any atom is -0.388 e. The van der Waals surface area contributed by atoms with Crippen molar-refractivity contribution in [2.75, 3.05) is 26.3 Å². The Bertz CT molecular complexity index is 313. The van der Waals surface area contributed by atoms with Crippen LogP contribution in [0.3, 0.4) is 0 Å². The molecule has 3 rings (SSSR count). The molecule has 0 radical (unpaired) electrons. The third kappa shape index (κ3) is 1.90. The summed E-state index contributed by atoms with van der Waals surface area (Å²) in [4.78, 5) is 2.51. The van der Waals surface area contributed by atoms with Gasteiger partial charge in [-0.3, -0.25) is 4.90 Å². The molecule has 0 amide bonds. The molecule has 2 aliphatic heterocycles. The van der Waals surface area contributed by atoms with Gasteiger partial charge in [-0.05, 0) is 39.0 Å². The topological polar surface area (TPSA) is 58.7 Å². The van der Waals surface area contributed by atoms with Crippen molar-refractivity contribution in [3.63, 3.8) is 0 Å². The van der Waals surface area contributed by atoms with Gasteiger partial charge in [0.25, 0.3) is 0 Å². The van der Waals surface area contributed by atoms with Crippen molar-refractivity contribution in [1.82, 2.24) is 4.90 Å². The van der Waals surface area contributed by atoms with Gasteiger partial charge in [-0.25, -0.2) is 0 Å². The van der Waals surface area contributed by atoms with E-state index in [2.05, 4.69) is 11.8 Å². The number of ether oxygens (including phenoxy) is 1. The molecule has 104 valence electrons. The second-order valence-corrected chi connectivity index (χ2v) is 6.59. The first-order chi connectivity index (χ1) is 8.60. The Labute approximate surface area is 109 Å². The molecule has 0 aromatic carbocycles. The average molecular weight is 254 g/mol. The third-order valence-corrected chi connectivity index (χ3v) is 5.49. The molecule has 0 aromatic heterocycles. The first-order valence-corrected chi connectivity index (χ1v) is 7.36. The van der Waals surface area contributed by atoms with Gasteiger partial charge in [0, 0.05) is 43.8 Å². The van der Waals surface area contributed by atoms with Gasteiger partial charge in [0.05, 0.1) is 5.60 Å². The van der Waals surface area contributed by atoms with E-state index < -0.39 is 5.60 Å². The Morgan fingerprint density at radius 2 is 2.00 bits per heavy atom. The summed E-state index contributed by atoms with van der Waals surface area (Å²) in [6.07, 6.45) is 5.30. The summed E-state index contributed by atoms with van der Waals surface area (Å²) in [6.45, 7) is 5.14. The lowest BCUT2D eigenvalue weighted by Crippen LogP contribution is -2.56. The van der Waals surface area contributed by atoms with Crippen molar-refractivity contribution in [3.05, 3.63) is 0 Å². The van der Waals surface area contributed by atoms with Gasteiger partial charge in [-0.2, -0.15) is 0 Å². The fraction of sp³-hybridized carbons (Fsp3) is 1.00. The van der Waals surface area contributed by atoms with Crippen LogP contribution in [0.5, 0.6) is 0 Å². The molecular weight excluding hydrogens is 228 g/mol. The van der Waals surface area contributed by atoms with Gasteiger partial charge >= 0.3 is 0 Å². The standard InChI is InChI=1S/C14H26N2O2/c1-11-8-14(17,10-16(11)12-2-3-12)13(9-15)4-6-18-7-5-13/h11-12,17H,2-10,15H2,1H3. The maximum Gasteiger partial charge on any atom is 0.0858 e. The predicted molar refractivity (Wildman–Crippen MR) is 70.3 cm³/mol. The molecule has 4 nitrogen and oxygen atoms in total. The quantitative estimate of drug-likeness (QED) is 0.779. The molecule has 2 heterocycles. The van der Waals surface area contributed by atoms with E-state index in [9.17, 15) is 5.11 Å². The number of nitrogens with two attached hydrogens (primary N) is 1. The molecule has 0 bridgehead atoms. The van der Waals surface area contributed by atoms with Gasteiger partial charge in [0.15, 0.2) is 0 Å². The molecule has 2 unspecified atom stereocenters. The Morgan fingerprint density at radius 1 is 1.33 bits per heavy atom. The summed E-state index contributed by atoms with van der Waals surface area (Å²) < 4.78 is 5.46. The summed E-state index contributed by atoms with van der Waals surface area (Å²) in [7, 11) is 0. The first kappa shape index (κ1) is 12.9. The lowest BCUT2D eigenvalue weighted by molar-refractivity contribution is -0.122. The van der Waals surface area contributed by atoms with Crippen LogP contribution in [0.1, 0.15) is 39.0 Å². The van der Waals surface area contributed by atoms with Gasteiger partial charge in [-0.15, -0.1) is 0 Å². The predicted octanol–water partition coefficient (Wildman–Crippen LogP) is 0.730. The Balaban J connectivity index is 1.80.